The average molecular weight is 559 g/mol. The summed E-state index contributed by atoms with van der Waals surface area (Å²) in [5, 5.41) is 16.6. The second-order valence-electron chi connectivity index (χ2n) is 11.0. The topological polar surface area (TPSA) is 98.7 Å². The zero-order chi connectivity index (χ0) is 24.6. The molecule has 192 valence electrons. The van der Waals surface area contributed by atoms with Gasteiger partial charge in [-0.25, -0.2) is 0 Å². The summed E-state index contributed by atoms with van der Waals surface area (Å²) in [7, 11) is 0. The van der Waals surface area contributed by atoms with Gasteiger partial charge in [0.05, 0.1) is 29.2 Å². The van der Waals surface area contributed by atoms with Crippen LogP contribution in [0.4, 0.5) is 0 Å². The molecule has 0 radical (unpaired) electrons. The number of halogens is 1. The Kier molecular flexibility index (Phi) is 8.24. The summed E-state index contributed by atoms with van der Waals surface area (Å²) in [6.45, 7) is 6.54. The number of aliphatic hydroxyl groups is 1. The molecule has 34 heavy (non-hydrogen) atoms. The van der Waals surface area contributed by atoms with E-state index in [0.29, 0.717) is 19.4 Å². The van der Waals surface area contributed by atoms with Gasteiger partial charge in [-0.15, -0.1) is 11.8 Å². The van der Waals surface area contributed by atoms with Crippen LogP contribution in [0.15, 0.2) is 0 Å². The number of carbonyl (C=O) groups excluding carboxylic acids is 3. The first-order valence-electron chi connectivity index (χ1n) is 13.1. The second-order valence-corrected chi connectivity index (χ2v) is 13.7. The molecule has 1 spiro atoms. The van der Waals surface area contributed by atoms with E-state index in [1.807, 2.05) is 6.92 Å². The fourth-order valence-corrected chi connectivity index (χ4v) is 10.4. The minimum atomic E-state index is -0.665. The van der Waals surface area contributed by atoms with Gasteiger partial charge in [0.15, 0.2) is 0 Å². The van der Waals surface area contributed by atoms with E-state index in [9.17, 15) is 19.5 Å². The molecule has 3 aliphatic heterocycles. The van der Waals surface area contributed by atoms with Crippen LogP contribution in [-0.2, 0) is 14.4 Å². The first-order valence-corrected chi connectivity index (χ1v) is 14.9. The lowest BCUT2D eigenvalue weighted by Gasteiger charge is -2.39. The highest BCUT2D eigenvalue weighted by Crippen LogP contribution is 2.68. The Morgan fingerprint density at radius 2 is 1.94 bits per heavy atom. The summed E-state index contributed by atoms with van der Waals surface area (Å²) >= 11 is 5.47. The van der Waals surface area contributed by atoms with Crippen LogP contribution in [0.3, 0.4) is 0 Å². The maximum absolute atomic E-state index is 14.1. The zero-order valence-electron chi connectivity index (χ0n) is 20.6. The van der Waals surface area contributed by atoms with Crippen molar-refractivity contribution in [3.8, 4) is 0 Å². The summed E-state index contributed by atoms with van der Waals surface area (Å²) in [6, 6.07) is -0.956. The molecule has 1 saturated carbocycles. The van der Waals surface area contributed by atoms with E-state index < -0.39 is 28.7 Å². The molecule has 9 heteroatoms. The Balaban J connectivity index is 1.70. The highest BCUT2D eigenvalue weighted by atomic mass is 79.9. The van der Waals surface area contributed by atoms with Crippen molar-refractivity contribution in [3.63, 3.8) is 0 Å². The summed E-state index contributed by atoms with van der Waals surface area (Å²) in [5.74, 6) is -1.04. The molecule has 4 rings (SSSR count). The standard InChI is InChI=1S/C25H40BrN3O4S/c1-4-10-27-22(31)18-19-24(33)29(16(13-30)11-14(2)3)21(25(19)12-17(26)20(18)34-25)23(32)28-15-8-6-5-7-9-15/h14-21,30H,4-13H2,1-3H3,(H,27,31)(H,28,32)/t16-,17?,18-,19+,20-,21?,25?/m1/s1. The summed E-state index contributed by atoms with van der Waals surface area (Å²) in [5.41, 5.74) is 0. The first-order chi connectivity index (χ1) is 16.2. The van der Waals surface area contributed by atoms with Crippen LogP contribution in [0.5, 0.6) is 0 Å². The molecular weight excluding hydrogens is 518 g/mol. The van der Waals surface area contributed by atoms with Gasteiger partial charge in [-0.3, -0.25) is 14.4 Å². The number of fused-ring (bicyclic) bond motifs is 1. The van der Waals surface area contributed by atoms with Crippen molar-refractivity contribution >= 4 is 45.4 Å². The predicted octanol–water partition coefficient (Wildman–Crippen LogP) is 2.83. The van der Waals surface area contributed by atoms with Crippen LogP contribution in [0, 0.1) is 17.8 Å². The lowest BCUT2D eigenvalue weighted by molar-refractivity contribution is -0.143. The number of likely N-dealkylation sites (tertiary alicyclic amines) is 1. The van der Waals surface area contributed by atoms with Gasteiger partial charge < -0.3 is 20.6 Å². The Hall–Kier alpha value is -0.800. The minimum absolute atomic E-state index is 0.0318. The van der Waals surface area contributed by atoms with Gasteiger partial charge in [0.25, 0.3) is 0 Å². The third-order valence-corrected chi connectivity index (χ3v) is 11.3. The van der Waals surface area contributed by atoms with E-state index in [-0.39, 0.29) is 46.4 Å². The SMILES string of the molecule is CCCNC(=O)[C@H]1[C@@H]2SC3(CC2Br)C(C(=O)NC2CCCCC2)N([C@@H](CO)CC(C)C)C(=O)[C@H]13. The highest BCUT2D eigenvalue weighted by molar-refractivity contribution is 9.09. The van der Waals surface area contributed by atoms with E-state index >= 15 is 0 Å². The van der Waals surface area contributed by atoms with E-state index in [1.165, 1.54) is 6.42 Å². The molecule has 1 aliphatic carbocycles. The smallest absolute Gasteiger partial charge is 0.244 e. The summed E-state index contributed by atoms with van der Waals surface area (Å²) in [6.07, 6.45) is 7.49. The van der Waals surface area contributed by atoms with Crippen molar-refractivity contribution in [2.75, 3.05) is 13.2 Å². The maximum Gasteiger partial charge on any atom is 0.244 e. The van der Waals surface area contributed by atoms with Gasteiger partial charge >= 0.3 is 0 Å². The molecule has 3 unspecified atom stereocenters. The van der Waals surface area contributed by atoms with Crippen LogP contribution in [0.25, 0.3) is 0 Å². The minimum Gasteiger partial charge on any atom is -0.394 e. The normalized spacial score (nSPS) is 36.1. The van der Waals surface area contributed by atoms with Crippen LogP contribution < -0.4 is 10.6 Å². The van der Waals surface area contributed by atoms with E-state index in [0.717, 1.165) is 32.1 Å². The Bertz CT molecular complexity index is 792. The average Bonchev–Trinajstić information content (AvgIpc) is 3.39. The van der Waals surface area contributed by atoms with Gasteiger partial charge in [-0.1, -0.05) is 56.0 Å². The highest BCUT2D eigenvalue weighted by Gasteiger charge is 2.76. The number of hydrogen-bond acceptors (Lipinski definition) is 5. The fraction of sp³-hybridized carbons (Fsp3) is 0.880. The molecule has 2 bridgehead atoms. The molecule has 4 fully saturated rings. The van der Waals surface area contributed by atoms with E-state index in [1.54, 1.807) is 16.7 Å². The van der Waals surface area contributed by atoms with Crippen molar-refractivity contribution in [1.29, 1.82) is 0 Å². The number of carbonyl (C=O) groups is 3. The number of alkyl halides is 1. The number of hydrogen-bond donors (Lipinski definition) is 3. The molecule has 3 heterocycles. The van der Waals surface area contributed by atoms with Gasteiger partial charge in [0.1, 0.15) is 6.04 Å². The largest absolute Gasteiger partial charge is 0.394 e. The third-order valence-electron chi connectivity index (χ3n) is 8.13. The number of nitrogens with one attached hydrogen (secondary N) is 2. The van der Waals surface area contributed by atoms with Crippen molar-refractivity contribution < 1.29 is 19.5 Å². The molecule has 7 atom stereocenters. The van der Waals surface area contributed by atoms with Crippen LogP contribution in [0.2, 0.25) is 0 Å². The van der Waals surface area contributed by atoms with Crippen molar-refractivity contribution in [1.82, 2.24) is 15.5 Å². The molecule has 7 nitrogen and oxygen atoms in total. The monoisotopic (exact) mass is 557 g/mol. The molecule has 3 N–H and O–H groups in total. The Labute approximate surface area is 216 Å². The van der Waals surface area contributed by atoms with Crippen LogP contribution in [-0.4, -0.2) is 73.8 Å². The van der Waals surface area contributed by atoms with E-state index in [4.69, 9.17) is 0 Å². The van der Waals surface area contributed by atoms with Gasteiger partial charge in [-0.2, -0.15) is 0 Å². The Morgan fingerprint density at radius 1 is 1.24 bits per heavy atom. The van der Waals surface area contributed by atoms with Gasteiger partial charge in [0.2, 0.25) is 17.7 Å². The number of thioether (sulfide) groups is 1. The number of nitrogens with zero attached hydrogens (tertiary/aromatic N) is 1. The molecule has 3 saturated heterocycles. The first kappa shape index (κ1) is 26.3. The van der Waals surface area contributed by atoms with Crippen molar-refractivity contribution in [3.05, 3.63) is 0 Å². The van der Waals surface area contributed by atoms with Crippen LogP contribution in [0.1, 0.15) is 72.1 Å². The Morgan fingerprint density at radius 3 is 2.56 bits per heavy atom. The summed E-state index contributed by atoms with van der Waals surface area (Å²) in [4.78, 5) is 43.1. The number of amides is 3. The fourth-order valence-electron chi connectivity index (χ4n) is 6.77. The lowest BCUT2D eigenvalue weighted by atomic mass is 9.70. The molecule has 3 amide bonds. The molecular formula is C25H40BrN3O4S. The van der Waals surface area contributed by atoms with Gasteiger partial charge in [-0.05, 0) is 38.0 Å². The molecule has 0 aromatic carbocycles. The summed E-state index contributed by atoms with van der Waals surface area (Å²) < 4.78 is -0.646. The molecule has 0 aromatic rings. The van der Waals surface area contributed by atoms with Crippen LogP contribution >= 0.6 is 27.7 Å². The quantitative estimate of drug-likeness (QED) is 0.378. The number of aliphatic hydroxyl groups excluding tert-OH is 1. The maximum atomic E-state index is 14.1. The van der Waals surface area contributed by atoms with Gasteiger partial charge in [0, 0.05) is 22.7 Å². The van der Waals surface area contributed by atoms with Crippen molar-refractivity contribution in [2.24, 2.45) is 17.8 Å². The number of rotatable bonds is 9. The lowest BCUT2D eigenvalue weighted by Crippen LogP contribution is -2.58. The third kappa shape index (κ3) is 4.54. The predicted molar refractivity (Wildman–Crippen MR) is 138 cm³/mol. The molecule has 0 aromatic heterocycles. The van der Waals surface area contributed by atoms with E-state index in [2.05, 4.69) is 40.4 Å². The van der Waals surface area contributed by atoms with Crippen molar-refractivity contribution in [2.45, 2.75) is 105 Å². The molecule has 4 aliphatic rings. The zero-order valence-corrected chi connectivity index (χ0v) is 23.0. The second kappa shape index (κ2) is 10.7.